The minimum atomic E-state index is 0.368. The molecule has 3 heteroatoms. The van der Waals surface area contributed by atoms with Crippen LogP contribution in [0, 0.1) is 5.41 Å². The Hall–Kier alpha value is -0.730. The molecule has 2 saturated carbocycles. The van der Waals surface area contributed by atoms with Gasteiger partial charge in [0.25, 0.3) is 0 Å². The fraction of sp³-hybridized carbons (Fsp3) is 0.667. The molecule has 2 fully saturated rings. The van der Waals surface area contributed by atoms with E-state index in [9.17, 15) is 0 Å². The number of halogens is 1. The molecule has 0 aliphatic heterocycles. The quantitative estimate of drug-likeness (QED) is 0.843. The Morgan fingerprint density at radius 1 is 1.19 bits per heavy atom. The zero-order valence-electron chi connectivity index (χ0n) is 12.9. The van der Waals surface area contributed by atoms with Crippen LogP contribution in [-0.4, -0.2) is 18.7 Å². The van der Waals surface area contributed by atoms with Crippen molar-refractivity contribution in [3.63, 3.8) is 0 Å². The van der Waals surface area contributed by atoms with Gasteiger partial charge in [-0.05, 0) is 50.1 Å². The minimum Gasteiger partial charge on any atom is -0.490 e. The maximum absolute atomic E-state index is 6.31. The van der Waals surface area contributed by atoms with Gasteiger partial charge in [-0.25, -0.2) is 0 Å². The lowest BCUT2D eigenvalue weighted by Gasteiger charge is -2.57. The molecule has 0 amide bonds. The third kappa shape index (κ3) is 3.07. The molecule has 3 rings (SSSR count). The molecule has 116 valence electrons. The molecule has 2 nitrogen and oxygen atoms in total. The predicted molar refractivity (Wildman–Crippen MR) is 88.1 cm³/mol. The second kappa shape index (κ2) is 6.58. The van der Waals surface area contributed by atoms with E-state index in [1.54, 1.807) is 0 Å². The molecular weight excluding hydrogens is 282 g/mol. The SMILES string of the molecule is CCCNC1CC(Oc2ccc(Cl)cc2)C12CCCCC2. The topological polar surface area (TPSA) is 21.3 Å². The van der Waals surface area contributed by atoms with E-state index in [-0.39, 0.29) is 0 Å². The van der Waals surface area contributed by atoms with E-state index in [0.717, 1.165) is 23.7 Å². The first-order chi connectivity index (χ1) is 10.2. The molecule has 0 heterocycles. The van der Waals surface area contributed by atoms with Gasteiger partial charge in [0.15, 0.2) is 0 Å². The normalized spacial score (nSPS) is 27.3. The lowest BCUT2D eigenvalue weighted by molar-refractivity contribution is -0.103. The average molecular weight is 308 g/mol. The molecule has 2 unspecified atom stereocenters. The largest absolute Gasteiger partial charge is 0.490 e. The third-order valence-corrected chi connectivity index (χ3v) is 5.55. The first-order valence-corrected chi connectivity index (χ1v) is 8.78. The smallest absolute Gasteiger partial charge is 0.119 e. The number of nitrogens with one attached hydrogen (secondary N) is 1. The summed E-state index contributed by atoms with van der Waals surface area (Å²) in [6.45, 7) is 3.36. The summed E-state index contributed by atoms with van der Waals surface area (Å²) in [6, 6.07) is 8.46. The number of hydrogen-bond acceptors (Lipinski definition) is 2. The predicted octanol–water partition coefficient (Wildman–Crippen LogP) is 4.81. The number of hydrogen-bond donors (Lipinski definition) is 1. The second-order valence-corrected chi connectivity index (χ2v) is 7.03. The molecule has 2 aliphatic carbocycles. The van der Waals surface area contributed by atoms with Gasteiger partial charge in [0.05, 0.1) is 0 Å². The number of ether oxygens (including phenoxy) is 1. The molecule has 1 aromatic rings. The standard InChI is InChI=1S/C18H26ClNO/c1-2-12-20-16-13-17(18(16)10-4-3-5-11-18)21-15-8-6-14(19)7-9-15/h6-9,16-17,20H,2-5,10-13H2,1H3. The van der Waals surface area contributed by atoms with E-state index in [4.69, 9.17) is 16.3 Å². The first kappa shape index (κ1) is 15.2. The highest BCUT2D eigenvalue weighted by atomic mass is 35.5. The molecule has 21 heavy (non-hydrogen) atoms. The van der Waals surface area contributed by atoms with Gasteiger partial charge in [-0.15, -0.1) is 0 Å². The van der Waals surface area contributed by atoms with Crippen molar-refractivity contribution in [2.75, 3.05) is 6.54 Å². The van der Waals surface area contributed by atoms with Crippen LogP contribution in [0.5, 0.6) is 5.75 Å². The van der Waals surface area contributed by atoms with Crippen molar-refractivity contribution in [2.24, 2.45) is 5.41 Å². The highest BCUT2D eigenvalue weighted by Crippen LogP contribution is 2.53. The van der Waals surface area contributed by atoms with Crippen molar-refractivity contribution in [3.05, 3.63) is 29.3 Å². The van der Waals surface area contributed by atoms with Crippen molar-refractivity contribution in [3.8, 4) is 5.75 Å². The van der Waals surface area contributed by atoms with E-state index >= 15 is 0 Å². The molecule has 0 saturated heterocycles. The maximum Gasteiger partial charge on any atom is 0.119 e. The molecule has 0 radical (unpaired) electrons. The van der Waals surface area contributed by atoms with Crippen LogP contribution < -0.4 is 10.1 Å². The molecule has 1 spiro atoms. The Labute approximate surface area is 133 Å². The monoisotopic (exact) mass is 307 g/mol. The van der Waals surface area contributed by atoms with Gasteiger partial charge in [0, 0.05) is 22.9 Å². The van der Waals surface area contributed by atoms with Crippen LogP contribution in [0.4, 0.5) is 0 Å². The van der Waals surface area contributed by atoms with Gasteiger partial charge < -0.3 is 10.1 Å². The van der Waals surface area contributed by atoms with Gasteiger partial charge in [-0.1, -0.05) is 37.8 Å². The third-order valence-electron chi connectivity index (χ3n) is 5.30. The summed E-state index contributed by atoms with van der Waals surface area (Å²) in [4.78, 5) is 0. The Kier molecular flexibility index (Phi) is 4.75. The number of benzene rings is 1. The molecule has 1 N–H and O–H groups in total. The Morgan fingerprint density at radius 2 is 1.90 bits per heavy atom. The van der Waals surface area contributed by atoms with Gasteiger partial charge in [-0.2, -0.15) is 0 Å². The molecule has 0 aromatic heterocycles. The zero-order chi connectivity index (χ0) is 14.7. The second-order valence-electron chi connectivity index (χ2n) is 6.60. The van der Waals surface area contributed by atoms with Crippen molar-refractivity contribution in [2.45, 2.75) is 64.0 Å². The van der Waals surface area contributed by atoms with Crippen LogP contribution in [0.3, 0.4) is 0 Å². The average Bonchev–Trinajstić information content (AvgIpc) is 2.53. The van der Waals surface area contributed by atoms with Crippen molar-refractivity contribution in [1.82, 2.24) is 5.32 Å². The van der Waals surface area contributed by atoms with Crippen LogP contribution in [0.25, 0.3) is 0 Å². The molecule has 2 atom stereocenters. The Morgan fingerprint density at radius 3 is 2.57 bits per heavy atom. The highest BCUT2D eigenvalue weighted by Gasteiger charge is 2.56. The Balaban J connectivity index is 1.68. The van der Waals surface area contributed by atoms with Crippen LogP contribution in [0.1, 0.15) is 51.9 Å². The van der Waals surface area contributed by atoms with Crippen LogP contribution in [-0.2, 0) is 0 Å². The van der Waals surface area contributed by atoms with Gasteiger partial charge >= 0.3 is 0 Å². The Bertz CT molecular complexity index is 453. The fourth-order valence-electron chi connectivity index (χ4n) is 4.08. The summed E-state index contributed by atoms with van der Waals surface area (Å²) in [6.07, 6.45) is 9.43. The van der Waals surface area contributed by atoms with E-state index in [2.05, 4.69) is 12.2 Å². The zero-order valence-corrected chi connectivity index (χ0v) is 13.7. The van der Waals surface area contributed by atoms with E-state index in [1.165, 1.54) is 38.5 Å². The lowest BCUT2D eigenvalue weighted by atomic mass is 9.55. The van der Waals surface area contributed by atoms with Gasteiger partial charge in [-0.3, -0.25) is 0 Å². The van der Waals surface area contributed by atoms with E-state index in [1.807, 2.05) is 24.3 Å². The summed E-state index contributed by atoms with van der Waals surface area (Å²) in [7, 11) is 0. The maximum atomic E-state index is 6.31. The van der Waals surface area contributed by atoms with Crippen LogP contribution in [0.2, 0.25) is 5.02 Å². The molecule has 0 bridgehead atoms. The van der Waals surface area contributed by atoms with Crippen molar-refractivity contribution < 1.29 is 4.74 Å². The summed E-state index contributed by atoms with van der Waals surface area (Å²) < 4.78 is 6.31. The molecular formula is C18H26ClNO. The lowest BCUT2D eigenvalue weighted by Crippen LogP contribution is -2.65. The molecule has 1 aromatic carbocycles. The van der Waals surface area contributed by atoms with Gasteiger partial charge in [0.1, 0.15) is 11.9 Å². The van der Waals surface area contributed by atoms with Crippen molar-refractivity contribution in [1.29, 1.82) is 0 Å². The summed E-state index contributed by atoms with van der Waals surface area (Å²) in [5.41, 5.74) is 0.368. The van der Waals surface area contributed by atoms with Crippen LogP contribution in [0.15, 0.2) is 24.3 Å². The molecule has 2 aliphatic rings. The van der Waals surface area contributed by atoms with E-state index in [0.29, 0.717) is 17.6 Å². The minimum absolute atomic E-state index is 0.368. The highest BCUT2D eigenvalue weighted by molar-refractivity contribution is 6.30. The van der Waals surface area contributed by atoms with Crippen molar-refractivity contribution >= 4 is 11.6 Å². The van der Waals surface area contributed by atoms with Crippen LogP contribution >= 0.6 is 11.6 Å². The van der Waals surface area contributed by atoms with Gasteiger partial charge in [0.2, 0.25) is 0 Å². The van der Waals surface area contributed by atoms with E-state index < -0.39 is 0 Å². The number of rotatable bonds is 5. The summed E-state index contributed by atoms with van der Waals surface area (Å²) in [5, 5.41) is 4.52. The first-order valence-electron chi connectivity index (χ1n) is 8.40. The summed E-state index contributed by atoms with van der Waals surface area (Å²) >= 11 is 5.95. The summed E-state index contributed by atoms with van der Waals surface area (Å²) in [5.74, 6) is 0.961. The fourth-order valence-corrected chi connectivity index (χ4v) is 4.20.